The van der Waals surface area contributed by atoms with Crippen LogP contribution in [0.2, 0.25) is 0 Å². The Hall–Kier alpha value is -0.610. The molecule has 0 aliphatic carbocycles. The molecule has 0 bridgehead atoms. The molecule has 1 unspecified atom stereocenters. The lowest BCUT2D eigenvalue weighted by Crippen LogP contribution is -2.39. The van der Waals surface area contributed by atoms with Gasteiger partial charge in [-0.1, -0.05) is 0 Å². The van der Waals surface area contributed by atoms with Gasteiger partial charge in [0, 0.05) is 26.6 Å². The number of amides is 1. The highest BCUT2D eigenvalue weighted by molar-refractivity contribution is 5.73. The van der Waals surface area contributed by atoms with Gasteiger partial charge < -0.3 is 15.7 Å². The maximum absolute atomic E-state index is 10.9. The summed E-state index contributed by atoms with van der Waals surface area (Å²) < 4.78 is 0. The summed E-state index contributed by atoms with van der Waals surface area (Å²) in [6.45, 7) is 3.40. The van der Waals surface area contributed by atoms with Crippen molar-refractivity contribution in [2.45, 2.75) is 19.8 Å². The van der Waals surface area contributed by atoms with Gasteiger partial charge in [-0.15, -0.1) is 0 Å². The largest absolute Gasteiger partial charge is 0.396 e. The van der Waals surface area contributed by atoms with Gasteiger partial charge in [0.05, 0.1) is 0 Å². The molecule has 0 radical (unpaired) electrons. The molecule has 1 heterocycles. The minimum absolute atomic E-state index is 0.128. The van der Waals surface area contributed by atoms with Gasteiger partial charge in [0.2, 0.25) is 5.91 Å². The lowest BCUT2D eigenvalue weighted by Gasteiger charge is -2.30. The molecule has 1 atom stereocenters. The molecular weight excluding hydrogens is 168 g/mol. The Balaban J connectivity index is 0.000000671. The summed E-state index contributed by atoms with van der Waals surface area (Å²) in [6.07, 6.45) is 2.09. The van der Waals surface area contributed by atoms with Gasteiger partial charge in [0.1, 0.15) is 0 Å². The van der Waals surface area contributed by atoms with Crippen LogP contribution in [-0.2, 0) is 4.79 Å². The number of nitrogens with zero attached hydrogens (tertiary/aromatic N) is 1. The van der Waals surface area contributed by atoms with Crippen molar-refractivity contribution in [2.24, 2.45) is 11.7 Å². The van der Waals surface area contributed by atoms with E-state index in [0.717, 1.165) is 25.9 Å². The molecule has 3 N–H and O–H groups in total. The molecule has 0 spiro atoms. The van der Waals surface area contributed by atoms with Crippen LogP contribution >= 0.6 is 0 Å². The summed E-state index contributed by atoms with van der Waals surface area (Å²) in [5.41, 5.74) is 4.50. The van der Waals surface area contributed by atoms with Gasteiger partial charge in [0.15, 0.2) is 0 Å². The summed E-state index contributed by atoms with van der Waals surface area (Å²) in [4.78, 5) is 12.7. The first-order valence-corrected chi connectivity index (χ1v) is 4.68. The number of hydrogen-bond acceptors (Lipinski definition) is 3. The number of piperidine rings is 1. The number of aliphatic hydroxyl groups excluding tert-OH is 1. The molecule has 13 heavy (non-hydrogen) atoms. The van der Waals surface area contributed by atoms with Crippen molar-refractivity contribution in [1.29, 1.82) is 0 Å². The standard InChI is InChI=1S/C8H15NO2.CH5N/c1-7(11)9-4-2-3-8(5-9)6-10;1-2/h8,10H,2-6H2,1H3;2H2,1H3. The molecule has 78 valence electrons. The van der Waals surface area contributed by atoms with E-state index >= 15 is 0 Å². The normalized spacial score (nSPS) is 21.8. The Morgan fingerprint density at radius 2 is 2.23 bits per heavy atom. The van der Waals surface area contributed by atoms with Gasteiger partial charge in [-0.2, -0.15) is 0 Å². The molecule has 0 aromatic carbocycles. The van der Waals surface area contributed by atoms with Crippen molar-refractivity contribution >= 4 is 5.91 Å². The molecule has 1 saturated heterocycles. The fourth-order valence-electron chi connectivity index (χ4n) is 1.50. The summed E-state index contributed by atoms with van der Waals surface area (Å²) in [5.74, 6) is 0.441. The first-order valence-electron chi connectivity index (χ1n) is 4.68. The summed E-state index contributed by atoms with van der Waals surface area (Å²) in [6, 6.07) is 0. The predicted octanol–water partition coefficient (Wildman–Crippen LogP) is -0.188. The zero-order valence-corrected chi connectivity index (χ0v) is 8.49. The SMILES string of the molecule is CC(=O)N1CCCC(CO)C1.CN. The molecule has 1 aliphatic rings. The van der Waals surface area contributed by atoms with Crippen molar-refractivity contribution in [2.75, 3.05) is 26.7 Å². The fourth-order valence-corrected chi connectivity index (χ4v) is 1.50. The van der Waals surface area contributed by atoms with E-state index in [0.29, 0.717) is 5.92 Å². The molecule has 1 fully saturated rings. The monoisotopic (exact) mass is 188 g/mol. The van der Waals surface area contributed by atoms with Gasteiger partial charge in [-0.3, -0.25) is 4.79 Å². The van der Waals surface area contributed by atoms with Crippen molar-refractivity contribution < 1.29 is 9.90 Å². The van der Waals surface area contributed by atoms with Crippen LogP contribution in [0.4, 0.5) is 0 Å². The molecular formula is C9H20N2O2. The first-order chi connectivity index (χ1) is 6.24. The molecule has 4 nitrogen and oxygen atoms in total. The Labute approximate surface area is 79.7 Å². The van der Waals surface area contributed by atoms with Gasteiger partial charge in [-0.05, 0) is 25.8 Å². The van der Waals surface area contributed by atoms with E-state index in [2.05, 4.69) is 5.73 Å². The van der Waals surface area contributed by atoms with E-state index in [1.165, 1.54) is 7.05 Å². The molecule has 0 aromatic heterocycles. The van der Waals surface area contributed by atoms with Crippen LogP contribution in [0.5, 0.6) is 0 Å². The Morgan fingerprint density at radius 3 is 2.69 bits per heavy atom. The van der Waals surface area contributed by atoms with Crippen molar-refractivity contribution in [3.8, 4) is 0 Å². The van der Waals surface area contributed by atoms with Gasteiger partial charge >= 0.3 is 0 Å². The number of likely N-dealkylation sites (tertiary alicyclic amines) is 1. The van der Waals surface area contributed by atoms with Crippen LogP contribution < -0.4 is 5.73 Å². The van der Waals surface area contributed by atoms with E-state index in [4.69, 9.17) is 5.11 Å². The number of carbonyl (C=O) groups excluding carboxylic acids is 1. The smallest absolute Gasteiger partial charge is 0.219 e. The van der Waals surface area contributed by atoms with E-state index < -0.39 is 0 Å². The predicted molar refractivity (Wildman–Crippen MR) is 52.2 cm³/mol. The molecule has 4 heteroatoms. The minimum atomic E-state index is 0.128. The zero-order chi connectivity index (χ0) is 10.3. The summed E-state index contributed by atoms with van der Waals surface area (Å²) in [5, 5.41) is 8.85. The van der Waals surface area contributed by atoms with Crippen LogP contribution in [0.3, 0.4) is 0 Å². The third-order valence-corrected chi connectivity index (χ3v) is 2.22. The number of nitrogens with two attached hydrogens (primary N) is 1. The quantitative estimate of drug-likeness (QED) is 0.599. The lowest BCUT2D eigenvalue weighted by atomic mass is 9.99. The van der Waals surface area contributed by atoms with E-state index in [1.54, 1.807) is 6.92 Å². The lowest BCUT2D eigenvalue weighted by molar-refractivity contribution is -0.130. The van der Waals surface area contributed by atoms with Crippen LogP contribution in [0, 0.1) is 5.92 Å². The third-order valence-electron chi connectivity index (χ3n) is 2.22. The Kier molecular flexibility index (Phi) is 6.54. The zero-order valence-electron chi connectivity index (χ0n) is 8.49. The molecule has 0 aromatic rings. The number of rotatable bonds is 1. The highest BCUT2D eigenvalue weighted by atomic mass is 16.3. The van der Waals surface area contributed by atoms with E-state index in [-0.39, 0.29) is 12.5 Å². The second kappa shape index (κ2) is 6.86. The number of hydrogen-bond donors (Lipinski definition) is 2. The maximum Gasteiger partial charge on any atom is 0.219 e. The molecule has 0 saturated carbocycles. The maximum atomic E-state index is 10.9. The molecule has 1 amide bonds. The van der Waals surface area contributed by atoms with Crippen LogP contribution in [0.1, 0.15) is 19.8 Å². The topological polar surface area (TPSA) is 66.6 Å². The average Bonchev–Trinajstić information content (AvgIpc) is 2.21. The first kappa shape index (κ1) is 12.4. The fraction of sp³-hybridized carbons (Fsp3) is 0.889. The number of aliphatic hydroxyl groups is 1. The van der Waals surface area contributed by atoms with E-state index in [9.17, 15) is 4.79 Å². The Morgan fingerprint density at radius 1 is 1.62 bits per heavy atom. The second-order valence-corrected chi connectivity index (χ2v) is 3.16. The van der Waals surface area contributed by atoms with Crippen LogP contribution in [0.25, 0.3) is 0 Å². The van der Waals surface area contributed by atoms with Crippen molar-refractivity contribution in [1.82, 2.24) is 4.90 Å². The average molecular weight is 188 g/mol. The van der Waals surface area contributed by atoms with Gasteiger partial charge in [0.25, 0.3) is 0 Å². The third kappa shape index (κ3) is 4.24. The minimum Gasteiger partial charge on any atom is -0.396 e. The molecule has 1 aliphatic heterocycles. The van der Waals surface area contributed by atoms with E-state index in [1.807, 2.05) is 4.90 Å². The molecule has 1 rings (SSSR count). The van der Waals surface area contributed by atoms with Crippen molar-refractivity contribution in [3.05, 3.63) is 0 Å². The van der Waals surface area contributed by atoms with Crippen LogP contribution in [-0.4, -0.2) is 42.7 Å². The van der Waals surface area contributed by atoms with Crippen molar-refractivity contribution in [3.63, 3.8) is 0 Å². The highest BCUT2D eigenvalue weighted by Gasteiger charge is 2.20. The Bertz CT molecular complexity index is 151. The van der Waals surface area contributed by atoms with Gasteiger partial charge in [-0.25, -0.2) is 0 Å². The summed E-state index contributed by atoms with van der Waals surface area (Å²) >= 11 is 0. The summed E-state index contributed by atoms with van der Waals surface area (Å²) in [7, 11) is 1.50. The number of carbonyl (C=O) groups is 1. The second-order valence-electron chi connectivity index (χ2n) is 3.16. The van der Waals surface area contributed by atoms with Crippen LogP contribution in [0.15, 0.2) is 0 Å². The highest BCUT2D eigenvalue weighted by Crippen LogP contribution is 2.15.